The van der Waals surface area contributed by atoms with E-state index < -0.39 is 0 Å². The van der Waals surface area contributed by atoms with E-state index in [-0.39, 0.29) is 24.0 Å². The Kier molecular flexibility index (Phi) is 15.7. The predicted molar refractivity (Wildman–Crippen MR) is 144 cm³/mol. The summed E-state index contributed by atoms with van der Waals surface area (Å²) in [6.07, 6.45) is 0.967. The lowest BCUT2D eigenvalue weighted by atomic mass is 10.1. The van der Waals surface area contributed by atoms with Crippen LogP contribution in [0.1, 0.15) is 32.8 Å². The number of halogens is 1. The fourth-order valence-electron chi connectivity index (χ4n) is 3.67. The monoisotopic (exact) mass is 561 g/mol. The molecule has 0 aromatic heterocycles. The topological polar surface area (TPSA) is 61.4 Å². The van der Waals surface area contributed by atoms with E-state index in [1.165, 1.54) is 26.2 Å². The summed E-state index contributed by atoms with van der Waals surface area (Å²) in [4.78, 5) is 9.91. The van der Waals surface area contributed by atoms with Crippen molar-refractivity contribution in [3.63, 3.8) is 0 Å². The smallest absolute Gasteiger partial charge is 0.191 e. The molecule has 0 amide bonds. The molecule has 1 atom stereocenters. The minimum Gasteiger partial charge on any atom is -0.497 e. The number of nitrogens with one attached hydrogen (secondary N) is 2. The standard InChI is InChI=1S/C24H43N5O2.HI/c1-5-28-13-15-29(16-14-28)20-21(3)18-26-24(25-12-7-17-31-6-2)27-19-22-8-10-23(30-4)11-9-22;/h8-11,21H,5-7,12-20H2,1-4H3,(H2,25,26,27);1H. The average molecular weight is 562 g/mol. The first-order valence-electron chi connectivity index (χ1n) is 11.8. The molecule has 184 valence electrons. The van der Waals surface area contributed by atoms with Crippen LogP contribution in [0.15, 0.2) is 29.3 Å². The number of piperazine rings is 1. The van der Waals surface area contributed by atoms with Crippen LogP contribution in [0, 0.1) is 5.92 Å². The summed E-state index contributed by atoms with van der Waals surface area (Å²) in [5, 5.41) is 7.01. The molecular formula is C24H44IN5O2. The van der Waals surface area contributed by atoms with Crippen LogP contribution in [0.25, 0.3) is 0 Å². The normalized spacial score (nSPS) is 16.3. The van der Waals surface area contributed by atoms with Crippen LogP contribution in [0.5, 0.6) is 5.75 Å². The van der Waals surface area contributed by atoms with Crippen molar-refractivity contribution < 1.29 is 9.47 Å². The van der Waals surface area contributed by atoms with Crippen LogP contribution >= 0.6 is 24.0 Å². The maximum absolute atomic E-state index is 5.44. The fraction of sp³-hybridized carbons (Fsp3) is 0.708. The summed E-state index contributed by atoms with van der Waals surface area (Å²) in [6, 6.07) is 8.09. The molecule has 2 N–H and O–H groups in total. The minimum absolute atomic E-state index is 0. The quantitative estimate of drug-likeness (QED) is 0.167. The zero-order valence-corrected chi connectivity index (χ0v) is 22.8. The van der Waals surface area contributed by atoms with Crippen molar-refractivity contribution in [2.45, 2.75) is 33.7 Å². The van der Waals surface area contributed by atoms with Crippen molar-refractivity contribution in [3.05, 3.63) is 29.8 Å². The van der Waals surface area contributed by atoms with Crippen molar-refractivity contribution in [3.8, 4) is 5.75 Å². The maximum Gasteiger partial charge on any atom is 0.191 e. The van der Waals surface area contributed by atoms with Crippen molar-refractivity contribution in [1.29, 1.82) is 0 Å². The fourth-order valence-corrected chi connectivity index (χ4v) is 3.67. The number of hydrogen-bond donors (Lipinski definition) is 2. The van der Waals surface area contributed by atoms with Crippen LogP contribution in [0.3, 0.4) is 0 Å². The SMILES string of the molecule is CCOCCCNC(=NCc1ccc(OC)cc1)NCC(C)CN1CCN(CC)CC1.I. The Hall–Kier alpha value is -1.10. The van der Waals surface area contributed by atoms with E-state index in [2.05, 4.69) is 46.4 Å². The molecule has 2 rings (SSSR count). The summed E-state index contributed by atoms with van der Waals surface area (Å²) in [5.41, 5.74) is 1.16. The Morgan fingerprint density at radius 1 is 1.06 bits per heavy atom. The number of nitrogens with zero attached hydrogens (tertiary/aromatic N) is 3. The Labute approximate surface area is 212 Å². The van der Waals surface area contributed by atoms with Crippen molar-refractivity contribution in [2.24, 2.45) is 10.9 Å². The Morgan fingerprint density at radius 2 is 1.75 bits per heavy atom. The largest absolute Gasteiger partial charge is 0.497 e. The van der Waals surface area contributed by atoms with E-state index in [0.29, 0.717) is 12.5 Å². The first-order valence-corrected chi connectivity index (χ1v) is 11.8. The van der Waals surface area contributed by atoms with Gasteiger partial charge in [0.1, 0.15) is 5.75 Å². The molecule has 1 fully saturated rings. The summed E-state index contributed by atoms with van der Waals surface area (Å²) in [5.74, 6) is 2.30. The van der Waals surface area contributed by atoms with Crippen LogP contribution in [-0.4, -0.2) is 88.4 Å². The van der Waals surface area contributed by atoms with Gasteiger partial charge in [-0.1, -0.05) is 26.0 Å². The number of hydrogen-bond acceptors (Lipinski definition) is 5. The molecular weight excluding hydrogens is 517 g/mol. The number of likely N-dealkylation sites (N-methyl/N-ethyl adjacent to an activating group) is 1. The first kappa shape index (κ1) is 28.9. The molecule has 7 nitrogen and oxygen atoms in total. The molecule has 1 aromatic rings. The van der Waals surface area contributed by atoms with Crippen LogP contribution in [0.2, 0.25) is 0 Å². The third kappa shape index (κ3) is 11.7. The van der Waals surface area contributed by atoms with Gasteiger partial charge in [-0.15, -0.1) is 24.0 Å². The van der Waals surface area contributed by atoms with Crippen LogP contribution < -0.4 is 15.4 Å². The molecule has 0 saturated carbocycles. The Bertz CT molecular complexity index is 621. The number of aliphatic imine (C=N–C) groups is 1. The van der Waals surface area contributed by atoms with Gasteiger partial charge in [-0.3, -0.25) is 0 Å². The van der Waals surface area contributed by atoms with Gasteiger partial charge in [0.25, 0.3) is 0 Å². The van der Waals surface area contributed by atoms with E-state index in [1.807, 2.05) is 19.1 Å². The van der Waals surface area contributed by atoms with Gasteiger partial charge < -0.3 is 29.9 Å². The van der Waals surface area contributed by atoms with Crippen molar-refractivity contribution in [1.82, 2.24) is 20.4 Å². The highest BCUT2D eigenvalue weighted by atomic mass is 127. The van der Waals surface area contributed by atoms with Gasteiger partial charge in [0, 0.05) is 59.0 Å². The summed E-state index contributed by atoms with van der Waals surface area (Å²) in [6.45, 7) is 17.5. The second kappa shape index (κ2) is 17.4. The Balaban J connectivity index is 0.00000512. The van der Waals surface area contributed by atoms with Crippen LogP contribution in [-0.2, 0) is 11.3 Å². The minimum atomic E-state index is 0. The van der Waals surface area contributed by atoms with E-state index in [0.717, 1.165) is 63.1 Å². The van der Waals surface area contributed by atoms with E-state index in [9.17, 15) is 0 Å². The number of guanidine groups is 1. The van der Waals surface area contributed by atoms with Gasteiger partial charge in [0.15, 0.2) is 5.96 Å². The summed E-state index contributed by atoms with van der Waals surface area (Å²) in [7, 11) is 1.69. The van der Waals surface area contributed by atoms with E-state index in [1.54, 1.807) is 7.11 Å². The van der Waals surface area contributed by atoms with Gasteiger partial charge in [-0.2, -0.15) is 0 Å². The second-order valence-corrected chi connectivity index (χ2v) is 8.21. The summed E-state index contributed by atoms with van der Waals surface area (Å²) < 4.78 is 10.7. The lowest BCUT2D eigenvalue weighted by Crippen LogP contribution is -2.48. The highest BCUT2D eigenvalue weighted by molar-refractivity contribution is 14.0. The molecule has 1 aliphatic heterocycles. The number of benzene rings is 1. The van der Waals surface area contributed by atoms with Crippen molar-refractivity contribution >= 4 is 29.9 Å². The number of ether oxygens (including phenoxy) is 2. The molecule has 1 aromatic carbocycles. The molecule has 0 radical (unpaired) electrons. The number of methoxy groups -OCH3 is 1. The molecule has 32 heavy (non-hydrogen) atoms. The van der Waals surface area contributed by atoms with Crippen molar-refractivity contribution in [2.75, 3.05) is 72.7 Å². The molecule has 1 unspecified atom stereocenters. The Morgan fingerprint density at radius 3 is 2.38 bits per heavy atom. The third-order valence-electron chi connectivity index (χ3n) is 5.64. The molecule has 1 heterocycles. The first-order chi connectivity index (χ1) is 15.1. The zero-order chi connectivity index (χ0) is 22.3. The van der Waals surface area contributed by atoms with Gasteiger partial charge in [-0.05, 0) is 43.5 Å². The molecule has 0 aliphatic carbocycles. The lowest BCUT2D eigenvalue weighted by molar-refractivity contribution is 0.124. The molecule has 1 aliphatic rings. The summed E-state index contributed by atoms with van der Waals surface area (Å²) >= 11 is 0. The highest BCUT2D eigenvalue weighted by Gasteiger charge is 2.17. The zero-order valence-electron chi connectivity index (χ0n) is 20.4. The van der Waals surface area contributed by atoms with Gasteiger partial charge in [-0.25, -0.2) is 4.99 Å². The predicted octanol–water partition coefficient (Wildman–Crippen LogP) is 3.05. The van der Waals surface area contributed by atoms with Gasteiger partial charge in [0.05, 0.1) is 13.7 Å². The highest BCUT2D eigenvalue weighted by Crippen LogP contribution is 2.12. The lowest BCUT2D eigenvalue weighted by Gasteiger charge is -2.35. The molecule has 8 heteroatoms. The third-order valence-corrected chi connectivity index (χ3v) is 5.64. The molecule has 1 saturated heterocycles. The van der Waals surface area contributed by atoms with Crippen LogP contribution in [0.4, 0.5) is 0 Å². The van der Waals surface area contributed by atoms with E-state index >= 15 is 0 Å². The number of rotatable bonds is 13. The average Bonchev–Trinajstić information content (AvgIpc) is 2.81. The molecule has 0 bridgehead atoms. The van der Waals surface area contributed by atoms with E-state index in [4.69, 9.17) is 14.5 Å². The molecule has 0 spiro atoms. The second-order valence-electron chi connectivity index (χ2n) is 8.21. The van der Waals surface area contributed by atoms with Gasteiger partial charge in [0.2, 0.25) is 0 Å². The van der Waals surface area contributed by atoms with Gasteiger partial charge >= 0.3 is 0 Å². The maximum atomic E-state index is 5.44.